The van der Waals surface area contributed by atoms with Gasteiger partial charge in [-0.25, -0.2) is 0 Å². The highest BCUT2D eigenvalue weighted by molar-refractivity contribution is 9.10. The van der Waals surface area contributed by atoms with Crippen molar-refractivity contribution in [2.75, 3.05) is 20.3 Å². The molecule has 0 radical (unpaired) electrons. The molecule has 18 heavy (non-hydrogen) atoms. The Bertz CT molecular complexity index is 399. The van der Waals surface area contributed by atoms with Gasteiger partial charge in [0.15, 0.2) is 0 Å². The molecule has 0 aliphatic carbocycles. The Kier molecular flexibility index (Phi) is 7.39. The van der Waals surface area contributed by atoms with Crippen molar-refractivity contribution in [2.24, 2.45) is 0 Å². The zero-order valence-corrected chi connectivity index (χ0v) is 12.9. The minimum Gasteiger partial charge on any atom is -0.385 e. The maximum absolute atomic E-state index is 11.9. The van der Waals surface area contributed by atoms with E-state index in [0.717, 1.165) is 35.2 Å². The lowest BCUT2D eigenvalue weighted by molar-refractivity contribution is 0.0951. The number of rotatable bonds is 7. The zero-order valence-electron chi connectivity index (χ0n) is 10.4. The standard InChI is InChI=1S/C13H18BrNO2S/c1-17-8-4-2-3-7-15-13(16)11-9-10(18)5-6-12(11)14/h5-6,9,18H,2-4,7-8H2,1H3,(H,15,16). The fourth-order valence-electron chi connectivity index (χ4n) is 1.53. The van der Waals surface area contributed by atoms with E-state index in [4.69, 9.17) is 4.74 Å². The first kappa shape index (κ1) is 15.5. The van der Waals surface area contributed by atoms with E-state index in [0.29, 0.717) is 12.1 Å². The molecule has 0 bridgehead atoms. The molecule has 3 nitrogen and oxygen atoms in total. The molecule has 100 valence electrons. The van der Waals surface area contributed by atoms with Crippen LogP contribution in [-0.4, -0.2) is 26.2 Å². The predicted molar refractivity (Wildman–Crippen MR) is 79.5 cm³/mol. The third-order valence-electron chi connectivity index (χ3n) is 2.51. The van der Waals surface area contributed by atoms with Gasteiger partial charge in [-0.1, -0.05) is 0 Å². The number of hydrogen-bond acceptors (Lipinski definition) is 3. The van der Waals surface area contributed by atoms with Crippen LogP contribution in [0.1, 0.15) is 29.6 Å². The molecule has 0 aliphatic rings. The Morgan fingerprint density at radius 3 is 2.89 bits per heavy atom. The molecule has 0 spiro atoms. The lowest BCUT2D eigenvalue weighted by Crippen LogP contribution is -2.24. The summed E-state index contributed by atoms with van der Waals surface area (Å²) in [5, 5.41) is 2.90. The van der Waals surface area contributed by atoms with E-state index in [1.807, 2.05) is 12.1 Å². The summed E-state index contributed by atoms with van der Waals surface area (Å²) in [6.45, 7) is 1.47. The highest BCUT2D eigenvalue weighted by Gasteiger charge is 2.09. The van der Waals surface area contributed by atoms with Crippen LogP contribution in [0, 0.1) is 0 Å². The molecule has 0 saturated carbocycles. The third kappa shape index (κ3) is 5.42. The number of benzene rings is 1. The minimum absolute atomic E-state index is 0.0653. The van der Waals surface area contributed by atoms with Gasteiger partial charge in [0.2, 0.25) is 0 Å². The Morgan fingerprint density at radius 1 is 1.39 bits per heavy atom. The number of ether oxygens (including phenoxy) is 1. The molecular formula is C13H18BrNO2S. The number of amides is 1. The monoisotopic (exact) mass is 331 g/mol. The van der Waals surface area contributed by atoms with Crippen LogP contribution in [0.5, 0.6) is 0 Å². The van der Waals surface area contributed by atoms with Crippen LogP contribution in [0.4, 0.5) is 0 Å². The van der Waals surface area contributed by atoms with Gasteiger partial charge in [0, 0.05) is 29.6 Å². The van der Waals surface area contributed by atoms with E-state index in [1.165, 1.54) is 0 Å². The summed E-state index contributed by atoms with van der Waals surface area (Å²) in [6.07, 6.45) is 3.05. The number of carbonyl (C=O) groups excluding carboxylic acids is 1. The van der Waals surface area contributed by atoms with Crippen LogP contribution in [0.3, 0.4) is 0 Å². The molecule has 0 heterocycles. The third-order valence-corrected chi connectivity index (χ3v) is 3.48. The number of thiol groups is 1. The molecule has 0 aliphatic heterocycles. The molecule has 0 atom stereocenters. The number of unbranched alkanes of at least 4 members (excludes halogenated alkanes) is 2. The summed E-state index contributed by atoms with van der Waals surface area (Å²) in [6, 6.07) is 5.43. The van der Waals surface area contributed by atoms with E-state index >= 15 is 0 Å². The molecule has 0 saturated heterocycles. The molecule has 0 fully saturated rings. The van der Waals surface area contributed by atoms with E-state index in [9.17, 15) is 4.79 Å². The molecular weight excluding hydrogens is 314 g/mol. The number of methoxy groups -OCH3 is 1. The number of hydrogen-bond donors (Lipinski definition) is 2. The summed E-state index contributed by atoms with van der Waals surface area (Å²) in [7, 11) is 1.70. The summed E-state index contributed by atoms with van der Waals surface area (Å²) in [4.78, 5) is 12.7. The van der Waals surface area contributed by atoms with Crippen LogP contribution in [0.15, 0.2) is 27.6 Å². The smallest absolute Gasteiger partial charge is 0.252 e. The highest BCUT2D eigenvalue weighted by atomic mass is 79.9. The van der Waals surface area contributed by atoms with Gasteiger partial charge in [0.25, 0.3) is 5.91 Å². The topological polar surface area (TPSA) is 38.3 Å². The van der Waals surface area contributed by atoms with Gasteiger partial charge < -0.3 is 10.1 Å². The fourth-order valence-corrected chi connectivity index (χ4v) is 2.16. The van der Waals surface area contributed by atoms with Gasteiger partial charge in [0.1, 0.15) is 0 Å². The van der Waals surface area contributed by atoms with Crippen molar-refractivity contribution in [3.63, 3.8) is 0 Å². The minimum atomic E-state index is -0.0653. The first-order valence-corrected chi connectivity index (χ1v) is 7.15. The highest BCUT2D eigenvalue weighted by Crippen LogP contribution is 2.20. The second-order valence-electron chi connectivity index (χ2n) is 3.97. The van der Waals surface area contributed by atoms with Crippen LogP contribution in [0.2, 0.25) is 0 Å². The van der Waals surface area contributed by atoms with Crippen LogP contribution >= 0.6 is 28.6 Å². The fraction of sp³-hybridized carbons (Fsp3) is 0.462. The average Bonchev–Trinajstić information content (AvgIpc) is 2.36. The quantitative estimate of drug-likeness (QED) is 0.594. The molecule has 1 rings (SSSR count). The molecule has 1 amide bonds. The van der Waals surface area contributed by atoms with Crippen LogP contribution < -0.4 is 5.32 Å². The summed E-state index contributed by atoms with van der Waals surface area (Å²) >= 11 is 7.59. The Hall–Kier alpha value is -0.520. The maximum Gasteiger partial charge on any atom is 0.252 e. The van der Waals surface area contributed by atoms with Gasteiger partial charge in [-0.2, -0.15) is 0 Å². The number of nitrogens with one attached hydrogen (secondary N) is 1. The summed E-state index contributed by atoms with van der Waals surface area (Å²) in [5.74, 6) is -0.0653. The first-order valence-electron chi connectivity index (χ1n) is 5.91. The Labute approximate surface area is 122 Å². The van der Waals surface area contributed by atoms with Gasteiger partial charge in [-0.3, -0.25) is 4.79 Å². The van der Waals surface area contributed by atoms with Crippen LogP contribution in [-0.2, 0) is 4.74 Å². The van der Waals surface area contributed by atoms with Crippen molar-refractivity contribution in [1.82, 2.24) is 5.32 Å². The van der Waals surface area contributed by atoms with Crippen molar-refractivity contribution < 1.29 is 9.53 Å². The predicted octanol–water partition coefficient (Wildman–Crippen LogP) is 3.28. The SMILES string of the molecule is COCCCCCNC(=O)c1cc(S)ccc1Br. The summed E-state index contributed by atoms with van der Waals surface area (Å²) in [5.41, 5.74) is 0.624. The number of halogens is 1. The van der Waals surface area contributed by atoms with E-state index in [-0.39, 0.29) is 5.91 Å². The van der Waals surface area contributed by atoms with Gasteiger partial charge >= 0.3 is 0 Å². The maximum atomic E-state index is 11.9. The van der Waals surface area contributed by atoms with Gasteiger partial charge in [0.05, 0.1) is 5.56 Å². The first-order chi connectivity index (χ1) is 8.65. The zero-order chi connectivity index (χ0) is 13.4. The molecule has 5 heteroatoms. The van der Waals surface area contributed by atoms with Crippen molar-refractivity contribution in [1.29, 1.82) is 0 Å². The van der Waals surface area contributed by atoms with Crippen LogP contribution in [0.25, 0.3) is 0 Å². The second-order valence-corrected chi connectivity index (χ2v) is 5.34. The van der Waals surface area contributed by atoms with Crippen molar-refractivity contribution in [3.8, 4) is 0 Å². The van der Waals surface area contributed by atoms with E-state index < -0.39 is 0 Å². The Morgan fingerprint density at radius 2 is 2.17 bits per heavy atom. The molecule has 0 aromatic heterocycles. The van der Waals surface area contributed by atoms with Crippen molar-refractivity contribution in [3.05, 3.63) is 28.2 Å². The second kappa shape index (κ2) is 8.56. The summed E-state index contributed by atoms with van der Waals surface area (Å²) < 4.78 is 5.75. The van der Waals surface area contributed by atoms with E-state index in [2.05, 4.69) is 33.9 Å². The lowest BCUT2D eigenvalue weighted by atomic mass is 10.2. The lowest BCUT2D eigenvalue weighted by Gasteiger charge is -2.07. The molecule has 0 unspecified atom stereocenters. The number of carbonyl (C=O) groups is 1. The van der Waals surface area contributed by atoms with E-state index in [1.54, 1.807) is 13.2 Å². The molecule has 1 N–H and O–H groups in total. The van der Waals surface area contributed by atoms with Crippen molar-refractivity contribution in [2.45, 2.75) is 24.2 Å². The largest absolute Gasteiger partial charge is 0.385 e. The molecule has 1 aromatic rings. The van der Waals surface area contributed by atoms with Gasteiger partial charge in [-0.15, -0.1) is 12.6 Å². The Balaban J connectivity index is 2.34. The van der Waals surface area contributed by atoms with Gasteiger partial charge in [-0.05, 0) is 53.4 Å². The average molecular weight is 332 g/mol. The van der Waals surface area contributed by atoms with Crippen molar-refractivity contribution >= 4 is 34.5 Å². The molecule has 1 aromatic carbocycles. The normalized spacial score (nSPS) is 10.4.